The molecule has 0 fully saturated rings. The molecule has 3 aromatic rings. The van der Waals surface area contributed by atoms with Gasteiger partial charge in [-0.1, -0.05) is 34.1 Å². The summed E-state index contributed by atoms with van der Waals surface area (Å²) in [5.41, 5.74) is 1.12. The largest absolute Gasteiger partial charge is 0.146 e. The van der Waals surface area contributed by atoms with Crippen molar-refractivity contribution in [2.24, 2.45) is 0 Å². The lowest BCUT2D eigenvalue weighted by Crippen LogP contribution is -1.91. The van der Waals surface area contributed by atoms with E-state index in [0.717, 1.165) is 19.4 Å². The normalized spacial score (nSPS) is 12.8. The lowest BCUT2D eigenvalue weighted by molar-refractivity contribution is 1.18. The van der Waals surface area contributed by atoms with Gasteiger partial charge in [-0.3, -0.25) is 0 Å². The van der Waals surface area contributed by atoms with Crippen molar-refractivity contribution >= 4 is 65.6 Å². The quantitative estimate of drug-likeness (QED) is 0.405. The van der Waals surface area contributed by atoms with Crippen LogP contribution in [0.3, 0.4) is 0 Å². The molecule has 1 unspecified atom stereocenters. The van der Waals surface area contributed by atoms with E-state index in [1.807, 2.05) is 11.4 Å². The zero-order valence-electron chi connectivity index (χ0n) is 9.74. The first kappa shape index (κ1) is 13.6. The third-order valence-corrected chi connectivity index (χ3v) is 6.02. The summed E-state index contributed by atoms with van der Waals surface area (Å²) in [6.07, 6.45) is 0. The topological polar surface area (TPSA) is 0 Å². The summed E-state index contributed by atoms with van der Waals surface area (Å²) in [4.78, 5) is 1.15. The molecule has 0 aliphatic carbocycles. The third-order valence-electron chi connectivity index (χ3n) is 2.99. The van der Waals surface area contributed by atoms with Crippen molar-refractivity contribution in [3.8, 4) is 0 Å². The van der Waals surface area contributed by atoms with Gasteiger partial charge >= 0.3 is 0 Å². The first-order valence-corrected chi connectivity index (χ1v) is 8.61. The van der Waals surface area contributed by atoms with Crippen LogP contribution in [0, 0.1) is 0 Å². The maximum atomic E-state index is 6.58. The Bertz CT molecular complexity index is 736. The zero-order chi connectivity index (χ0) is 13.4. The molecular formula is C15H9Br2ClS. The smallest absolute Gasteiger partial charge is 0.0939 e. The Morgan fingerprint density at radius 3 is 2.42 bits per heavy atom. The number of benzene rings is 2. The summed E-state index contributed by atoms with van der Waals surface area (Å²) in [6, 6.07) is 14.7. The molecule has 0 spiro atoms. The van der Waals surface area contributed by atoms with Crippen LogP contribution < -0.4 is 0 Å². The second kappa shape index (κ2) is 5.57. The molecule has 0 aliphatic rings. The van der Waals surface area contributed by atoms with Gasteiger partial charge in [0.2, 0.25) is 0 Å². The highest BCUT2D eigenvalue weighted by atomic mass is 79.9. The van der Waals surface area contributed by atoms with Crippen LogP contribution >= 0.6 is 54.8 Å². The SMILES string of the molecule is ClC(c1ccc2cc(Br)ccc2c1)c1sccc1Br. The Hall–Kier alpha value is -0.350. The number of thiophene rings is 1. The summed E-state index contributed by atoms with van der Waals surface area (Å²) < 4.78 is 2.17. The monoisotopic (exact) mass is 414 g/mol. The van der Waals surface area contributed by atoms with Gasteiger partial charge < -0.3 is 0 Å². The molecule has 0 saturated heterocycles. The Morgan fingerprint density at radius 2 is 1.68 bits per heavy atom. The highest BCUT2D eigenvalue weighted by Gasteiger charge is 2.15. The molecule has 1 heterocycles. The van der Waals surface area contributed by atoms with Crippen LogP contribution in [0.2, 0.25) is 0 Å². The highest BCUT2D eigenvalue weighted by Crippen LogP contribution is 2.38. The minimum absolute atomic E-state index is 0.109. The summed E-state index contributed by atoms with van der Waals surface area (Å²) in [6.45, 7) is 0. The molecule has 96 valence electrons. The van der Waals surface area contributed by atoms with Gasteiger partial charge in [-0.05, 0) is 61.9 Å². The van der Waals surface area contributed by atoms with E-state index in [1.165, 1.54) is 10.8 Å². The second-order valence-electron chi connectivity index (χ2n) is 4.25. The van der Waals surface area contributed by atoms with Gasteiger partial charge in [0.15, 0.2) is 0 Å². The average Bonchev–Trinajstić information content (AvgIpc) is 2.83. The predicted octanol–water partition coefficient (Wildman–Crippen LogP) is 6.75. The van der Waals surface area contributed by atoms with Crippen molar-refractivity contribution in [2.75, 3.05) is 0 Å². The summed E-state index contributed by atoms with van der Waals surface area (Å²) in [5.74, 6) is 0. The molecule has 19 heavy (non-hydrogen) atoms. The van der Waals surface area contributed by atoms with Crippen molar-refractivity contribution < 1.29 is 0 Å². The highest BCUT2D eigenvalue weighted by molar-refractivity contribution is 9.10. The van der Waals surface area contributed by atoms with E-state index in [0.29, 0.717) is 0 Å². The molecular weight excluding hydrogens is 407 g/mol. The van der Waals surface area contributed by atoms with E-state index in [4.69, 9.17) is 11.6 Å². The van der Waals surface area contributed by atoms with Crippen LogP contribution in [-0.2, 0) is 0 Å². The molecule has 1 atom stereocenters. The van der Waals surface area contributed by atoms with Crippen molar-refractivity contribution in [1.29, 1.82) is 0 Å². The van der Waals surface area contributed by atoms with Crippen LogP contribution in [-0.4, -0.2) is 0 Å². The molecule has 1 aromatic heterocycles. The fourth-order valence-electron chi connectivity index (χ4n) is 2.03. The summed E-state index contributed by atoms with van der Waals surface area (Å²) >= 11 is 15.3. The van der Waals surface area contributed by atoms with Crippen molar-refractivity contribution in [3.05, 3.63) is 67.2 Å². The number of alkyl halides is 1. The Morgan fingerprint density at radius 1 is 0.947 bits per heavy atom. The van der Waals surface area contributed by atoms with Crippen LogP contribution in [0.5, 0.6) is 0 Å². The van der Waals surface area contributed by atoms with Crippen molar-refractivity contribution in [1.82, 2.24) is 0 Å². The van der Waals surface area contributed by atoms with Crippen LogP contribution in [0.1, 0.15) is 15.8 Å². The molecule has 0 radical (unpaired) electrons. The molecule has 0 saturated carbocycles. The van der Waals surface area contributed by atoms with Gasteiger partial charge in [0.1, 0.15) is 0 Å². The first-order chi connectivity index (χ1) is 9.15. The van der Waals surface area contributed by atoms with Gasteiger partial charge in [-0.15, -0.1) is 22.9 Å². The van der Waals surface area contributed by atoms with E-state index < -0.39 is 0 Å². The molecule has 3 rings (SSSR count). The summed E-state index contributed by atoms with van der Waals surface area (Å²) in [5, 5.41) is 4.36. The van der Waals surface area contributed by atoms with E-state index in [1.54, 1.807) is 11.3 Å². The average molecular weight is 417 g/mol. The van der Waals surface area contributed by atoms with Crippen molar-refractivity contribution in [3.63, 3.8) is 0 Å². The van der Waals surface area contributed by atoms with E-state index in [-0.39, 0.29) is 5.38 Å². The van der Waals surface area contributed by atoms with Crippen LogP contribution in [0.4, 0.5) is 0 Å². The molecule has 0 nitrogen and oxygen atoms in total. The fourth-order valence-corrected chi connectivity index (χ4v) is 4.55. The lowest BCUT2D eigenvalue weighted by atomic mass is 10.0. The van der Waals surface area contributed by atoms with Crippen LogP contribution in [0.25, 0.3) is 10.8 Å². The lowest BCUT2D eigenvalue weighted by Gasteiger charge is -2.10. The minimum Gasteiger partial charge on any atom is -0.146 e. The molecule has 0 bridgehead atoms. The van der Waals surface area contributed by atoms with Gasteiger partial charge in [-0.2, -0.15) is 0 Å². The number of hydrogen-bond acceptors (Lipinski definition) is 1. The van der Waals surface area contributed by atoms with Gasteiger partial charge in [0, 0.05) is 13.8 Å². The number of hydrogen-bond donors (Lipinski definition) is 0. The van der Waals surface area contributed by atoms with E-state index >= 15 is 0 Å². The Balaban J connectivity index is 2.06. The number of rotatable bonds is 2. The standard InChI is InChI=1S/C15H9Br2ClS/c16-12-4-3-9-7-11(2-1-10(9)8-12)14(18)15-13(17)5-6-19-15/h1-8,14H. The molecule has 2 aromatic carbocycles. The maximum Gasteiger partial charge on any atom is 0.0939 e. The number of halogens is 3. The second-order valence-corrected chi connectivity index (χ2v) is 7.40. The summed E-state index contributed by atoms with van der Waals surface area (Å²) in [7, 11) is 0. The predicted molar refractivity (Wildman–Crippen MR) is 91.4 cm³/mol. The zero-order valence-corrected chi connectivity index (χ0v) is 14.5. The number of fused-ring (bicyclic) bond motifs is 1. The van der Waals surface area contributed by atoms with Gasteiger partial charge in [0.25, 0.3) is 0 Å². The van der Waals surface area contributed by atoms with E-state index in [9.17, 15) is 0 Å². The molecule has 0 amide bonds. The van der Waals surface area contributed by atoms with Gasteiger partial charge in [-0.25, -0.2) is 0 Å². The Labute approximate surface area is 137 Å². The molecule has 0 aliphatic heterocycles. The maximum absolute atomic E-state index is 6.58. The van der Waals surface area contributed by atoms with Gasteiger partial charge in [0.05, 0.1) is 5.38 Å². The van der Waals surface area contributed by atoms with E-state index in [2.05, 4.69) is 68.3 Å². The first-order valence-electron chi connectivity index (χ1n) is 5.71. The fraction of sp³-hybridized carbons (Fsp3) is 0.0667. The third kappa shape index (κ3) is 2.75. The minimum atomic E-state index is -0.109. The Kier molecular flexibility index (Phi) is 3.99. The molecule has 4 heteroatoms. The molecule has 0 N–H and O–H groups in total. The van der Waals surface area contributed by atoms with Crippen LogP contribution in [0.15, 0.2) is 56.8 Å². The van der Waals surface area contributed by atoms with Crippen molar-refractivity contribution in [2.45, 2.75) is 5.38 Å².